The molecule has 0 amide bonds. The molecule has 2 aromatic carbocycles. The predicted molar refractivity (Wildman–Crippen MR) is 76.6 cm³/mol. The van der Waals surface area contributed by atoms with E-state index in [2.05, 4.69) is 4.74 Å². The molecule has 0 bridgehead atoms. The maximum Gasteiger partial charge on any atom is 0.573 e. The van der Waals surface area contributed by atoms with Crippen LogP contribution in [0.3, 0.4) is 0 Å². The van der Waals surface area contributed by atoms with Gasteiger partial charge in [-0.15, -0.1) is 13.2 Å². The Morgan fingerprint density at radius 1 is 1.08 bits per heavy atom. The molecule has 1 N–H and O–H groups in total. The Morgan fingerprint density at radius 2 is 1.71 bits per heavy atom. The second-order valence-electron chi connectivity index (χ2n) is 4.29. The first-order chi connectivity index (χ1) is 11.1. The number of carboxylic acid groups (broad SMARTS) is 1. The van der Waals surface area contributed by atoms with Crippen LogP contribution in [0.2, 0.25) is 10.0 Å². The van der Waals surface area contributed by atoms with E-state index in [1.807, 2.05) is 0 Å². The van der Waals surface area contributed by atoms with Gasteiger partial charge in [-0.05, 0) is 24.3 Å². The van der Waals surface area contributed by atoms with Gasteiger partial charge < -0.3 is 14.6 Å². The molecule has 4 nitrogen and oxygen atoms in total. The van der Waals surface area contributed by atoms with Crippen molar-refractivity contribution in [1.29, 1.82) is 0 Å². The monoisotopic (exact) mass is 384 g/mol. The lowest BCUT2D eigenvalue weighted by Gasteiger charge is -2.13. The molecule has 0 fully saturated rings. The van der Waals surface area contributed by atoms with Crippen molar-refractivity contribution in [2.24, 2.45) is 0 Å². The first kappa shape index (κ1) is 18.2. The van der Waals surface area contributed by atoms with E-state index in [9.17, 15) is 22.4 Å². The molecule has 0 aromatic heterocycles. The molecule has 128 valence electrons. The van der Waals surface area contributed by atoms with Crippen LogP contribution in [0, 0.1) is 5.82 Å². The molecule has 0 atom stereocenters. The molecule has 0 aliphatic rings. The molecule has 0 radical (unpaired) electrons. The lowest BCUT2D eigenvalue weighted by Crippen LogP contribution is -2.17. The van der Waals surface area contributed by atoms with Crippen LogP contribution >= 0.6 is 23.2 Å². The minimum atomic E-state index is -4.91. The molecular weight excluding hydrogens is 379 g/mol. The lowest BCUT2D eigenvalue weighted by atomic mass is 10.2. The van der Waals surface area contributed by atoms with Gasteiger partial charge in [0.25, 0.3) is 0 Å². The van der Waals surface area contributed by atoms with E-state index >= 15 is 0 Å². The summed E-state index contributed by atoms with van der Waals surface area (Å²) in [5.74, 6) is -3.66. The Balaban J connectivity index is 2.28. The molecule has 0 saturated carbocycles. The van der Waals surface area contributed by atoms with E-state index in [4.69, 9.17) is 33.0 Å². The minimum Gasteiger partial charge on any atom is -0.478 e. The zero-order valence-corrected chi connectivity index (χ0v) is 12.8. The topological polar surface area (TPSA) is 55.8 Å². The molecule has 24 heavy (non-hydrogen) atoms. The highest BCUT2D eigenvalue weighted by atomic mass is 35.5. The summed E-state index contributed by atoms with van der Waals surface area (Å²) in [7, 11) is 0. The van der Waals surface area contributed by atoms with Crippen LogP contribution in [0.4, 0.5) is 17.6 Å². The van der Waals surface area contributed by atoms with Gasteiger partial charge in [-0.2, -0.15) is 0 Å². The first-order valence-corrected chi connectivity index (χ1v) is 6.78. The Labute approximate surface area is 142 Å². The smallest absolute Gasteiger partial charge is 0.478 e. The van der Waals surface area contributed by atoms with Crippen LogP contribution in [0.25, 0.3) is 0 Å². The van der Waals surface area contributed by atoms with E-state index < -0.39 is 39.5 Å². The summed E-state index contributed by atoms with van der Waals surface area (Å²) in [5.41, 5.74) is -0.653. The molecule has 10 heteroatoms. The SMILES string of the molecule is O=C(O)c1ccc(Oc2ccc(OC(F)(F)F)c(Cl)c2)c(Cl)c1F. The van der Waals surface area contributed by atoms with Crippen LogP contribution in [0.1, 0.15) is 10.4 Å². The van der Waals surface area contributed by atoms with Crippen molar-refractivity contribution in [2.45, 2.75) is 6.36 Å². The van der Waals surface area contributed by atoms with E-state index in [1.165, 1.54) is 0 Å². The second-order valence-corrected chi connectivity index (χ2v) is 5.07. The number of carboxylic acids is 1. The van der Waals surface area contributed by atoms with Crippen LogP contribution in [-0.4, -0.2) is 17.4 Å². The summed E-state index contributed by atoms with van der Waals surface area (Å²) in [4.78, 5) is 10.8. The number of carbonyl (C=O) groups is 1. The van der Waals surface area contributed by atoms with Gasteiger partial charge in [0, 0.05) is 6.07 Å². The van der Waals surface area contributed by atoms with Crippen molar-refractivity contribution in [3.05, 3.63) is 51.8 Å². The van der Waals surface area contributed by atoms with Gasteiger partial charge in [-0.1, -0.05) is 23.2 Å². The zero-order valence-electron chi connectivity index (χ0n) is 11.3. The van der Waals surface area contributed by atoms with Gasteiger partial charge in [0.2, 0.25) is 0 Å². The average Bonchev–Trinajstić information content (AvgIpc) is 2.45. The summed E-state index contributed by atoms with van der Waals surface area (Å²) in [6.45, 7) is 0. The fourth-order valence-electron chi connectivity index (χ4n) is 1.66. The normalized spacial score (nSPS) is 11.2. The van der Waals surface area contributed by atoms with E-state index in [0.29, 0.717) is 0 Å². The summed E-state index contributed by atoms with van der Waals surface area (Å²) in [5, 5.41) is 7.77. The molecular formula is C14H6Cl2F4O4. The molecule has 0 aliphatic carbocycles. The highest BCUT2D eigenvalue weighted by Gasteiger charge is 2.32. The number of aromatic carboxylic acids is 1. The molecule has 0 saturated heterocycles. The van der Waals surface area contributed by atoms with Crippen molar-refractivity contribution in [2.75, 3.05) is 0 Å². The molecule has 2 aromatic rings. The van der Waals surface area contributed by atoms with Crippen molar-refractivity contribution in [1.82, 2.24) is 0 Å². The molecule has 0 heterocycles. The third kappa shape index (κ3) is 4.21. The average molecular weight is 385 g/mol. The number of halogens is 6. The fourth-order valence-corrected chi connectivity index (χ4v) is 2.07. The summed E-state index contributed by atoms with van der Waals surface area (Å²) in [6, 6.07) is 5.03. The Morgan fingerprint density at radius 3 is 2.25 bits per heavy atom. The summed E-state index contributed by atoms with van der Waals surface area (Å²) >= 11 is 11.3. The number of benzene rings is 2. The van der Waals surface area contributed by atoms with E-state index in [0.717, 1.165) is 30.3 Å². The molecule has 0 unspecified atom stereocenters. The van der Waals surface area contributed by atoms with E-state index in [1.54, 1.807) is 0 Å². The lowest BCUT2D eigenvalue weighted by molar-refractivity contribution is -0.274. The minimum absolute atomic E-state index is 0.0566. The van der Waals surface area contributed by atoms with Gasteiger partial charge >= 0.3 is 12.3 Å². The zero-order chi connectivity index (χ0) is 18.1. The first-order valence-electron chi connectivity index (χ1n) is 6.03. The predicted octanol–water partition coefficient (Wildman–Crippen LogP) is 5.52. The van der Waals surface area contributed by atoms with Crippen LogP contribution < -0.4 is 9.47 Å². The van der Waals surface area contributed by atoms with Crippen molar-refractivity contribution in [3.8, 4) is 17.2 Å². The van der Waals surface area contributed by atoms with Crippen molar-refractivity contribution >= 4 is 29.2 Å². The molecule has 0 aliphatic heterocycles. The summed E-state index contributed by atoms with van der Waals surface area (Å²) in [6.07, 6.45) is -4.91. The van der Waals surface area contributed by atoms with Gasteiger partial charge in [0.1, 0.15) is 22.3 Å². The van der Waals surface area contributed by atoms with E-state index in [-0.39, 0.29) is 11.5 Å². The molecule has 0 spiro atoms. The highest BCUT2D eigenvalue weighted by molar-refractivity contribution is 6.33. The quantitative estimate of drug-likeness (QED) is 0.704. The van der Waals surface area contributed by atoms with Crippen LogP contribution in [0.5, 0.6) is 17.2 Å². The van der Waals surface area contributed by atoms with Gasteiger partial charge in [-0.25, -0.2) is 9.18 Å². The largest absolute Gasteiger partial charge is 0.573 e. The van der Waals surface area contributed by atoms with Gasteiger partial charge in [0.15, 0.2) is 5.82 Å². The van der Waals surface area contributed by atoms with Gasteiger partial charge in [-0.3, -0.25) is 0 Å². The second kappa shape index (κ2) is 6.74. The number of hydrogen-bond acceptors (Lipinski definition) is 3. The third-order valence-electron chi connectivity index (χ3n) is 2.63. The standard InChI is InChI=1S/C14H6Cl2F4O4/c15-8-5-6(1-3-9(8)24-14(18,19)20)23-10-4-2-7(13(21)22)12(17)11(10)16/h1-5H,(H,21,22). The van der Waals surface area contributed by atoms with Crippen molar-refractivity contribution in [3.63, 3.8) is 0 Å². The van der Waals surface area contributed by atoms with Crippen LogP contribution in [0.15, 0.2) is 30.3 Å². The molecule has 2 rings (SSSR count). The Bertz CT molecular complexity index is 793. The van der Waals surface area contributed by atoms with Crippen molar-refractivity contribution < 1.29 is 36.9 Å². The number of alkyl halides is 3. The number of rotatable bonds is 4. The summed E-state index contributed by atoms with van der Waals surface area (Å²) < 4.78 is 59.1. The van der Waals surface area contributed by atoms with Gasteiger partial charge in [0.05, 0.1) is 10.6 Å². The fraction of sp³-hybridized carbons (Fsp3) is 0.0714. The highest BCUT2D eigenvalue weighted by Crippen LogP contribution is 2.37. The number of hydrogen-bond donors (Lipinski definition) is 1. The third-order valence-corrected chi connectivity index (χ3v) is 3.28. The maximum absolute atomic E-state index is 13.8. The maximum atomic E-state index is 13.8. The Kier molecular flexibility index (Phi) is 5.10. The number of ether oxygens (including phenoxy) is 2. The Hall–Kier alpha value is -2.19. The van der Waals surface area contributed by atoms with Crippen LogP contribution in [-0.2, 0) is 0 Å².